The van der Waals surface area contributed by atoms with E-state index in [1.807, 2.05) is 37.4 Å². The average molecular weight is 380 g/mol. The zero-order chi connectivity index (χ0) is 19.3. The highest BCUT2D eigenvalue weighted by Crippen LogP contribution is 2.23. The van der Waals surface area contributed by atoms with Crippen molar-refractivity contribution in [3.05, 3.63) is 48.2 Å². The van der Waals surface area contributed by atoms with Crippen LogP contribution in [0.1, 0.15) is 10.4 Å². The topological polar surface area (TPSA) is 84.3 Å². The second-order valence-corrected chi connectivity index (χ2v) is 6.75. The van der Waals surface area contributed by atoms with Gasteiger partial charge >= 0.3 is 0 Å². The van der Waals surface area contributed by atoms with Gasteiger partial charge < -0.3 is 15.4 Å². The van der Waals surface area contributed by atoms with Crippen LogP contribution in [0.15, 0.2) is 42.6 Å². The third kappa shape index (κ3) is 4.13. The molecule has 3 heterocycles. The molecule has 0 saturated carbocycles. The van der Waals surface area contributed by atoms with Gasteiger partial charge in [-0.15, -0.1) is 0 Å². The standard InChI is InChI=1S/C20H24N6O2/c1-25-19(6-7-22-25)24-18-14-16(15-4-2-3-5-17(15)23-18)20(27)21-8-9-26-10-12-28-13-11-26/h2-7,14H,8-13H2,1H3,(H,21,27)(H,23,24). The van der Waals surface area contributed by atoms with Crippen molar-refractivity contribution in [3.8, 4) is 0 Å². The third-order valence-electron chi connectivity index (χ3n) is 4.86. The van der Waals surface area contributed by atoms with Crippen LogP contribution in [0.4, 0.5) is 11.6 Å². The van der Waals surface area contributed by atoms with Crippen molar-refractivity contribution < 1.29 is 9.53 Å². The van der Waals surface area contributed by atoms with E-state index in [0.29, 0.717) is 17.9 Å². The molecule has 1 saturated heterocycles. The minimum Gasteiger partial charge on any atom is -0.379 e. The van der Waals surface area contributed by atoms with Crippen molar-refractivity contribution in [3.63, 3.8) is 0 Å². The number of morpholine rings is 1. The Morgan fingerprint density at radius 1 is 1.21 bits per heavy atom. The number of para-hydroxylation sites is 1. The molecule has 1 amide bonds. The predicted octanol–water partition coefficient (Wildman–Crippen LogP) is 1.77. The van der Waals surface area contributed by atoms with E-state index in [0.717, 1.165) is 49.6 Å². The number of rotatable bonds is 6. The maximum absolute atomic E-state index is 12.9. The number of aromatic nitrogens is 3. The van der Waals surface area contributed by atoms with Gasteiger partial charge in [0.15, 0.2) is 0 Å². The Hall–Kier alpha value is -2.97. The average Bonchev–Trinajstić information content (AvgIpc) is 3.12. The number of carbonyl (C=O) groups excluding carboxylic acids is 1. The Kier molecular flexibility index (Phi) is 5.50. The molecule has 0 unspecified atom stereocenters. The van der Waals surface area contributed by atoms with Gasteiger partial charge in [-0.1, -0.05) is 18.2 Å². The van der Waals surface area contributed by atoms with E-state index < -0.39 is 0 Å². The molecule has 0 spiro atoms. The summed E-state index contributed by atoms with van der Waals surface area (Å²) in [7, 11) is 1.85. The van der Waals surface area contributed by atoms with Crippen molar-refractivity contribution in [1.29, 1.82) is 0 Å². The first kappa shape index (κ1) is 18.4. The van der Waals surface area contributed by atoms with Crippen LogP contribution in [0.3, 0.4) is 0 Å². The fourth-order valence-corrected chi connectivity index (χ4v) is 3.30. The molecule has 1 aliphatic rings. The van der Waals surface area contributed by atoms with Gasteiger partial charge in [-0.05, 0) is 12.1 Å². The smallest absolute Gasteiger partial charge is 0.252 e. The number of anilines is 2. The molecule has 0 aliphatic carbocycles. The molecule has 28 heavy (non-hydrogen) atoms. The predicted molar refractivity (Wildman–Crippen MR) is 108 cm³/mol. The zero-order valence-corrected chi connectivity index (χ0v) is 15.9. The van der Waals surface area contributed by atoms with Crippen LogP contribution < -0.4 is 10.6 Å². The van der Waals surface area contributed by atoms with Crippen molar-refractivity contribution in [2.24, 2.45) is 7.05 Å². The van der Waals surface area contributed by atoms with E-state index in [4.69, 9.17) is 4.74 Å². The normalized spacial score (nSPS) is 14.9. The second kappa shape index (κ2) is 8.37. The number of hydrogen-bond donors (Lipinski definition) is 2. The molecular weight excluding hydrogens is 356 g/mol. The molecule has 3 aromatic rings. The van der Waals surface area contributed by atoms with Crippen LogP contribution in [-0.4, -0.2) is 65.0 Å². The monoisotopic (exact) mass is 380 g/mol. The van der Waals surface area contributed by atoms with Gasteiger partial charge in [0, 0.05) is 44.7 Å². The first-order chi connectivity index (χ1) is 13.7. The van der Waals surface area contributed by atoms with Gasteiger partial charge in [-0.2, -0.15) is 5.10 Å². The molecule has 2 aromatic heterocycles. The van der Waals surface area contributed by atoms with Crippen LogP contribution >= 0.6 is 0 Å². The number of pyridine rings is 1. The van der Waals surface area contributed by atoms with Crippen molar-refractivity contribution in [1.82, 2.24) is 25.0 Å². The Morgan fingerprint density at radius 2 is 2.04 bits per heavy atom. The number of nitrogens with one attached hydrogen (secondary N) is 2. The fourth-order valence-electron chi connectivity index (χ4n) is 3.30. The first-order valence-corrected chi connectivity index (χ1v) is 9.44. The minimum absolute atomic E-state index is 0.0973. The lowest BCUT2D eigenvalue weighted by atomic mass is 10.1. The van der Waals surface area contributed by atoms with Gasteiger partial charge in [-0.3, -0.25) is 14.4 Å². The number of hydrogen-bond acceptors (Lipinski definition) is 6. The number of benzene rings is 1. The van der Waals surface area contributed by atoms with Gasteiger partial charge in [0.1, 0.15) is 11.6 Å². The molecule has 1 aromatic carbocycles. The lowest BCUT2D eigenvalue weighted by Gasteiger charge is -2.26. The summed E-state index contributed by atoms with van der Waals surface area (Å²) >= 11 is 0. The summed E-state index contributed by atoms with van der Waals surface area (Å²) in [6.07, 6.45) is 1.71. The highest BCUT2D eigenvalue weighted by Gasteiger charge is 2.15. The molecule has 1 fully saturated rings. The highest BCUT2D eigenvalue weighted by molar-refractivity contribution is 6.07. The van der Waals surface area contributed by atoms with Gasteiger partial charge in [0.05, 0.1) is 30.5 Å². The molecule has 146 valence electrons. The quantitative estimate of drug-likeness (QED) is 0.678. The molecule has 1 aliphatic heterocycles. The van der Waals surface area contributed by atoms with E-state index >= 15 is 0 Å². The Morgan fingerprint density at radius 3 is 2.82 bits per heavy atom. The lowest BCUT2D eigenvalue weighted by Crippen LogP contribution is -2.41. The summed E-state index contributed by atoms with van der Waals surface area (Å²) in [5, 5.41) is 11.3. The van der Waals surface area contributed by atoms with E-state index in [-0.39, 0.29) is 5.91 Å². The lowest BCUT2D eigenvalue weighted by molar-refractivity contribution is 0.0383. The van der Waals surface area contributed by atoms with Crippen LogP contribution in [0.25, 0.3) is 10.9 Å². The molecule has 2 N–H and O–H groups in total. The highest BCUT2D eigenvalue weighted by atomic mass is 16.5. The molecule has 0 atom stereocenters. The Labute approximate surface area is 163 Å². The number of amides is 1. The van der Waals surface area contributed by atoms with E-state index in [1.165, 1.54) is 0 Å². The van der Waals surface area contributed by atoms with Crippen LogP contribution in [0.5, 0.6) is 0 Å². The molecule has 8 heteroatoms. The molecular formula is C20H24N6O2. The van der Waals surface area contributed by atoms with Crippen LogP contribution in [-0.2, 0) is 11.8 Å². The number of carbonyl (C=O) groups is 1. The van der Waals surface area contributed by atoms with E-state index in [9.17, 15) is 4.79 Å². The summed E-state index contributed by atoms with van der Waals surface area (Å²) in [5.41, 5.74) is 1.38. The third-order valence-corrected chi connectivity index (χ3v) is 4.86. The minimum atomic E-state index is -0.0973. The van der Waals surface area contributed by atoms with Gasteiger partial charge in [0.2, 0.25) is 0 Å². The van der Waals surface area contributed by atoms with Crippen molar-refractivity contribution in [2.45, 2.75) is 0 Å². The molecule has 0 radical (unpaired) electrons. The van der Waals surface area contributed by atoms with E-state index in [2.05, 4.69) is 25.6 Å². The Balaban J connectivity index is 1.52. The summed E-state index contributed by atoms with van der Waals surface area (Å²) in [5.74, 6) is 1.32. The van der Waals surface area contributed by atoms with Crippen LogP contribution in [0.2, 0.25) is 0 Å². The summed E-state index contributed by atoms with van der Waals surface area (Å²) in [6, 6.07) is 11.3. The molecule has 8 nitrogen and oxygen atoms in total. The van der Waals surface area contributed by atoms with Crippen molar-refractivity contribution in [2.75, 3.05) is 44.7 Å². The Bertz CT molecular complexity index is 964. The fraction of sp³-hybridized carbons (Fsp3) is 0.350. The van der Waals surface area contributed by atoms with Gasteiger partial charge in [0.25, 0.3) is 5.91 Å². The van der Waals surface area contributed by atoms with E-state index in [1.54, 1.807) is 16.9 Å². The number of ether oxygens (including phenoxy) is 1. The maximum atomic E-state index is 12.9. The number of aryl methyl sites for hydroxylation is 1. The first-order valence-electron chi connectivity index (χ1n) is 9.44. The second-order valence-electron chi connectivity index (χ2n) is 6.75. The summed E-state index contributed by atoms with van der Waals surface area (Å²) in [4.78, 5) is 19.8. The number of fused-ring (bicyclic) bond motifs is 1. The summed E-state index contributed by atoms with van der Waals surface area (Å²) in [6.45, 7) is 4.75. The van der Waals surface area contributed by atoms with Crippen LogP contribution in [0, 0.1) is 0 Å². The van der Waals surface area contributed by atoms with Crippen molar-refractivity contribution >= 4 is 28.4 Å². The number of nitrogens with zero attached hydrogens (tertiary/aromatic N) is 4. The largest absolute Gasteiger partial charge is 0.379 e. The molecule has 0 bridgehead atoms. The SMILES string of the molecule is Cn1nccc1Nc1cc(C(=O)NCCN2CCOCC2)c2ccccc2n1. The molecule has 4 rings (SSSR count). The summed E-state index contributed by atoms with van der Waals surface area (Å²) < 4.78 is 7.08. The maximum Gasteiger partial charge on any atom is 0.252 e. The zero-order valence-electron chi connectivity index (χ0n) is 15.9. The van der Waals surface area contributed by atoms with Gasteiger partial charge in [-0.25, -0.2) is 4.98 Å².